The van der Waals surface area contributed by atoms with E-state index in [1.807, 2.05) is 0 Å². The molecule has 1 aliphatic heterocycles. The van der Waals surface area contributed by atoms with Crippen LogP contribution in [0.1, 0.15) is 32.8 Å². The second-order valence-corrected chi connectivity index (χ2v) is 7.26. The molecule has 2 atom stereocenters. The standard InChI is InChI=1S/C18H19F3N2O4/c1-17(2,3)27-16(25)22(12-7-4-6-11(10-12)18(19,20)21)23-13-8-5-9-14(13)26-15(23)24/h4-7,9-10,13-14H,8H2,1-3H3/t13-,14+/m0/s1. The van der Waals surface area contributed by atoms with Crippen LogP contribution in [0.4, 0.5) is 28.4 Å². The molecule has 2 aliphatic rings. The Morgan fingerprint density at radius 1 is 1.30 bits per heavy atom. The molecule has 0 N–H and O–H groups in total. The van der Waals surface area contributed by atoms with Crippen LogP contribution in [0.2, 0.25) is 0 Å². The molecule has 3 rings (SSSR count). The normalized spacial score (nSPS) is 21.9. The summed E-state index contributed by atoms with van der Waals surface area (Å²) in [4.78, 5) is 25.1. The van der Waals surface area contributed by atoms with E-state index in [0.29, 0.717) is 6.42 Å². The number of fused-ring (bicyclic) bond motifs is 1. The minimum Gasteiger partial charge on any atom is -0.442 e. The molecule has 1 aromatic rings. The second kappa shape index (κ2) is 6.47. The zero-order valence-corrected chi connectivity index (χ0v) is 15.0. The molecule has 6 nitrogen and oxygen atoms in total. The van der Waals surface area contributed by atoms with Gasteiger partial charge in [-0.2, -0.15) is 18.2 Å². The number of hydrogen-bond donors (Lipinski definition) is 0. The van der Waals surface area contributed by atoms with Crippen LogP contribution in [0.3, 0.4) is 0 Å². The van der Waals surface area contributed by atoms with Gasteiger partial charge in [0, 0.05) is 0 Å². The number of hydrazine groups is 1. The average Bonchev–Trinajstić information content (AvgIpc) is 3.08. The van der Waals surface area contributed by atoms with Crippen LogP contribution in [-0.2, 0) is 15.7 Å². The molecule has 0 spiro atoms. The average molecular weight is 384 g/mol. The van der Waals surface area contributed by atoms with Gasteiger partial charge in [-0.3, -0.25) is 0 Å². The summed E-state index contributed by atoms with van der Waals surface area (Å²) >= 11 is 0. The number of alkyl halides is 3. The van der Waals surface area contributed by atoms with Crippen molar-refractivity contribution in [1.82, 2.24) is 5.01 Å². The van der Waals surface area contributed by atoms with Gasteiger partial charge in [0.15, 0.2) is 0 Å². The number of nitrogens with zero attached hydrogens (tertiary/aromatic N) is 2. The number of hydrogen-bond acceptors (Lipinski definition) is 4. The number of rotatable bonds is 2. The zero-order valence-electron chi connectivity index (χ0n) is 15.0. The Labute approximate surface area is 154 Å². The SMILES string of the molecule is CC(C)(C)OC(=O)N(c1cccc(C(F)(F)F)c1)N1C(=O)O[C@@H]2C=CC[C@@H]21. The fraction of sp³-hybridized carbons (Fsp3) is 0.444. The highest BCUT2D eigenvalue weighted by Gasteiger charge is 2.48. The van der Waals surface area contributed by atoms with Crippen molar-refractivity contribution < 1.29 is 32.2 Å². The first kappa shape index (κ1) is 19.1. The number of anilines is 1. The molecule has 1 fully saturated rings. The molecular formula is C18H19F3N2O4. The monoisotopic (exact) mass is 384 g/mol. The lowest BCUT2D eigenvalue weighted by Crippen LogP contribution is -2.53. The van der Waals surface area contributed by atoms with Crippen molar-refractivity contribution in [2.24, 2.45) is 0 Å². The van der Waals surface area contributed by atoms with Crippen molar-refractivity contribution in [2.75, 3.05) is 5.01 Å². The van der Waals surface area contributed by atoms with Crippen LogP contribution in [0.15, 0.2) is 36.4 Å². The van der Waals surface area contributed by atoms with Crippen LogP contribution in [-0.4, -0.2) is 34.9 Å². The number of ether oxygens (including phenoxy) is 2. The maximum Gasteiger partial charge on any atom is 0.434 e. The van der Waals surface area contributed by atoms with Crippen molar-refractivity contribution in [1.29, 1.82) is 0 Å². The Morgan fingerprint density at radius 2 is 2.00 bits per heavy atom. The quantitative estimate of drug-likeness (QED) is 0.704. The Bertz CT molecular complexity index is 786. The maximum absolute atomic E-state index is 13.1. The van der Waals surface area contributed by atoms with E-state index in [0.717, 1.165) is 22.2 Å². The van der Waals surface area contributed by atoms with E-state index in [1.165, 1.54) is 12.1 Å². The van der Waals surface area contributed by atoms with Gasteiger partial charge in [-0.1, -0.05) is 12.1 Å². The van der Waals surface area contributed by atoms with Gasteiger partial charge in [-0.25, -0.2) is 14.6 Å². The van der Waals surface area contributed by atoms with Crippen LogP contribution in [0.5, 0.6) is 0 Å². The highest BCUT2D eigenvalue weighted by molar-refractivity contribution is 5.91. The van der Waals surface area contributed by atoms with Gasteiger partial charge in [0.1, 0.15) is 17.7 Å². The lowest BCUT2D eigenvalue weighted by molar-refractivity contribution is -0.137. The summed E-state index contributed by atoms with van der Waals surface area (Å²) in [5.74, 6) is 0. The van der Waals surface area contributed by atoms with Crippen LogP contribution < -0.4 is 5.01 Å². The Kier molecular flexibility index (Phi) is 4.57. The predicted octanol–water partition coefficient (Wildman–Crippen LogP) is 4.51. The number of halogens is 3. The summed E-state index contributed by atoms with van der Waals surface area (Å²) in [6, 6.07) is 3.63. The van der Waals surface area contributed by atoms with E-state index >= 15 is 0 Å². The van der Waals surface area contributed by atoms with E-state index < -0.39 is 41.7 Å². The first-order valence-electron chi connectivity index (χ1n) is 8.34. The zero-order chi connectivity index (χ0) is 20.0. The number of amides is 2. The smallest absolute Gasteiger partial charge is 0.434 e. The van der Waals surface area contributed by atoms with Gasteiger partial charge in [0.05, 0.1) is 11.3 Å². The molecule has 0 aromatic heterocycles. The second-order valence-electron chi connectivity index (χ2n) is 7.26. The van der Waals surface area contributed by atoms with Gasteiger partial charge in [0.25, 0.3) is 0 Å². The highest BCUT2D eigenvalue weighted by Crippen LogP contribution is 2.36. The van der Waals surface area contributed by atoms with Gasteiger partial charge in [-0.15, -0.1) is 0 Å². The number of carbonyl (C=O) groups excluding carboxylic acids is 2. The van der Waals surface area contributed by atoms with Gasteiger partial charge in [-0.05, 0) is 51.5 Å². The fourth-order valence-electron chi connectivity index (χ4n) is 2.94. The lowest BCUT2D eigenvalue weighted by Gasteiger charge is -2.34. The van der Waals surface area contributed by atoms with Crippen LogP contribution in [0, 0.1) is 0 Å². The van der Waals surface area contributed by atoms with Crippen molar-refractivity contribution in [2.45, 2.75) is 51.1 Å². The van der Waals surface area contributed by atoms with Gasteiger partial charge in [0.2, 0.25) is 0 Å². The molecule has 0 saturated carbocycles. The summed E-state index contributed by atoms with van der Waals surface area (Å²) in [5, 5.41) is 1.84. The third-order valence-corrected chi connectivity index (χ3v) is 4.02. The van der Waals surface area contributed by atoms with Crippen LogP contribution >= 0.6 is 0 Å². The molecule has 1 aliphatic carbocycles. The molecule has 1 aromatic carbocycles. The van der Waals surface area contributed by atoms with E-state index in [2.05, 4.69) is 0 Å². The molecule has 9 heteroatoms. The summed E-state index contributed by atoms with van der Waals surface area (Å²) in [7, 11) is 0. The van der Waals surface area contributed by atoms with E-state index in [4.69, 9.17) is 9.47 Å². The minimum atomic E-state index is -4.60. The number of carbonyl (C=O) groups is 2. The molecule has 1 heterocycles. The minimum absolute atomic E-state index is 0.136. The molecule has 0 radical (unpaired) electrons. The largest absolute Gasteiger partial charge is 0.442 e. The van der Waals surface area contributed by atoms with Crippen molar-refractivity contribution >= 4 is 17.9 Å². The molecule has 146 valence electrons. The molecule has 0 unspecified atom stereocenters. The topological polar surface area (TPSA) is 59.1 Å². The molecular weight excluding hydrogens is 365 g/mol. The summed E-state index contributed by atoms with van der Waals surface area (Å²) in [5.41, 5.74) is -1.99. The van der Waals surface area contributed by atoms with Gasteiger partial charge < -0.3 is 9.47 Å². The molecule has 0 bridgehead atoms. The van der Waals surface area contributed by atoms with Gasteiger partial charge >= 0.3 is 18.4 Å². The van der Waals surface area contributed by atoms with E-state index in [-0.39, 0.29) is 5.69 Å². The Hall–Kier alpha value is -2.71. The molecule has 1 saturated heterocycles. The third kappa shape index (κ3) is 3.86. The maximum atomic E-state index is 13.1. The first-order valence-corrected chi connectivity index (χ1v) is 8.34. The van der Waals surface area contributed by atoms with Crippen molar-refractivity contribution in [3.05, 3.63) is 42.0 Å². The van der Waals surface area contributed by atoms with Crippen LogP contribution in [0.25, 0.3) is 0 Å². The predicted molar refractivity (Wildman–Crippen MR) is 89.8 cm³/mol. The summed E-state index contributed by atoms with van der Waals surface area (Å²) in [6.07, 6.45) is -3.07. The first-order chi connectivity index (χ1) is 12.5. The lowest BCUT2D eigenvalue weighted by atomic mass is 10.1. The van der Waals surface area contributed by atoms with Crippen molar-refractivity contribution in [3.63, 3.8) is 0 Å². The van der Waals surface area contributed by atoms with E-state index in [9.17, 15) is 22.8 Å². The van der Waals surface area contributed by atoms with Crippen molar-refractivity contribution in [3.8, 4) is 0 Å². The Balaban J connectivity index is 2.03. The van der Waals surface area contributed by atoms with E-state index in [1.54, 1.807) is 32.9 Å². The fourth-order valence-corrected chi connectivity index (χ4v) is 2.94. The Morgan fingerprint density at radius 3 is 2.63 bits per heavy atom. The molecule has 2 amide bonds. The summed E-state index contributed by atoms with van der Waals surface area (Å²) in [6.45, 7) is 4.87. The third-order valence-electron chi connectivity index (χ3n) is 4.02. The summed E-state index contributed by atoms with van der Waals surface area (Å²) < 4.78 is 49.9. The number of benzene rings is 1. The molecule has 27 heavy (non-hydrogen) atoms. The highest BCUT2D eigenvalue weighted by atomic mass is 19.4.